The fourth-order valence-electron chi connectivity index (χ4n) is 2.85. The molecular formula is C19H17NO3. The van der Waals surface area contributed by atoms with Crippen molar-refractivity contribution in [1.82, 2.24) is 0 Å². The Hall–Kier alpha value is -2.72. The van der Waals surface area contributed by atoms with Crippen molar-refractivity contribution >= 4 is 23.5 Å². The Morgan fingerprint density at radius 2 is 1.78 bits per heavy atom. The van der Waals surface area contributed by atoms with Gasteiger partial charge in [0.2, 0.25) is 0 Å². The molecule has 0 radical (unpaired) electrons. The number of carbonyl (C=O) groups is 2. The molecule has 1 heterocycles. The molecule has 0 saturated carbocycles. The minimum absolute atomic E-state index is 0.267. The van der Waals surface area contributed by atoms with Crippen LogP contribution in [0.5, 0.6) is 0 Å². The lowest BCUT2D eigenvalue weighted by Crippen LogP contribution is -2.40. The van der Waals surface area contributed by atoms with E-state index >= 15 is 0 Å². The number of benzene rings is 2. The van der Waals surface area contributed by atoms with E-state index in [2.05, 4.69) is 0 Å². The van der Waals surface area contributed by atoms with Crippen molar-refractivity contribution in [3.05, 3.63) is 71.8 Å². The fraction of sp³-hybridized carbons (Fsp3) is 0.158. The summed E-state index contributed by atoms with van der Waals surface area (Å²) in [6.45, 7) is 0. The van der Waals surface area contributed by atoms with Crippen LogP contribution < -0.4 is 4.90 Å². The molecule has 0 bridgehead atoms. The number of hydrogen-bond donors (Lipinski definition) is 1. The average Bonchev–Trinajstić information content (AvgIpc) is 2.76. The first kappa shape index (κ1) is 15.2. The molecule has 4 heteroatoms. The number of ketones is 1. The van der Waals surface area contributed by atoms with Crippen LogP contribution in [-0.2, 0) is 15.2 Å². The van der Waals surface area contributed by atoms with E-state index < -0.39 is 11.5 Å². The second kappa shape index (κ2) is 5.82. The molecule has 2 aromatic carbocycles. The lowest BCUT2D eigenvalue weighted by atomic mass is 9.90. The lowest BCUT2D eigenvalue weighted by molar-refractivity contribution is -0.140. The van der Waals surface area contributed by atoms with Crippen LogP contribution in [0.2, 0.25) is 0 Å². The molecule has 0 unspecified atom stereocenters. The van der Waals surface area contributed by atoms with Gasteiger partial charge in [0, 0.05) is 12.6 Å². The zero-order valence-corrected chi connectivity index (χ0v) is 12.8. The van der Waals surface area contributed by atoms with Crippen molar-refractivity contribution in [2.75, 3.05) is 11.9 Å². The van der Waals surface area contributed by atoms with E-state index in [0.717, 1.165) is 5.56 Å². The summed E-state index contributed by atoms with van der Waals surface area (Å²) in [7, 11) is 1.60. The predicted octanol–water partition coefficient (Wildman–Crippen LogP) is 2.52. The molecule has 0 spiro atoms. The van der Waals surface area contributed by atoms with Gasteiger partial charge in [0.15, 0.2) is 11.4 Å². The zero-order chi connectivity index (χ0) is 16.4. The third-order valence-electron chi connectivity index (χ3n) is 4.06. The molecular weight excluding hydrogens is 290 g/mol. The largest absolute Gasteiger partial charge is 0.375 e. The topological polar surface area (TPSA) is 57.6 Å². The number of aliphatic hydroxyl groups is 1. The number of rotatable bonds is 4. The average molecular weight is 307 g/mol. The highest BCUT2D eigenvalue weighted by Crippen LogP contribution is 2.41. The zero-order valence-electron chi connectivity index (χ0n) is 12.8. The van der Waals surface area contributed by atoms with Gasteiger partial charge in [-0.05, 0) is 17.7 Å². The molecule has 0 aliphatic carbocycles. The van der Waals surface area contributed by atoms with Crippen LogP contribution >= 0.6 is 0 Å². The Bertz CT molecular complexity index is 782. The van der Waals surface area contributed by atoms with Crippen LogP contribution in [-0.4, -0.2) is 23.8 Å². The van der Waals surface area contributed by atoms with E-state index in [1.807, 2.05) is 30.3 Å². The molecule has 1 N–H and O–H groups in total. The number of carbonyl (C=O) groups excluding carboxylic acids is 2. The Labute approximate surface area is 134 Å². The van der Waals surface area contributed by atoms with Gasteiger partial charge in [-0.3, -0.25) is 9.59 Å². The van der Waals surface area contributed by atoms with E-state index in [1.54, 1.807) is 37.4 Å². The minimum atomic E-state index is -1.79. The molecule has 2 aromatic rings. The number of likely N-dealkylation sites (N-methyl/N-ethyl adjacent to an activating group) is 1. The number of amides is 1. The Morgan fingerprint density at radius 1 is 1.13 bits per heavy atom. The van der Waals surface area contributed by atoms with Crippen LogP contribution in [0.1, 0.15) is 17.5 Å². The minimum Gasteiger partial charge on any atom is -0.375 e. The van der Waals surface area contributed by atoms with Crippen molar-refractivity contribution in [1.29, 1.82) is 0 Å². The van der Waals surface area contributed by atoms with Crippen LogP contribution in [0.4, 0.5) is 5.69 Å². The van der Waals surface area contributed by atoms with Crippen LogP contribution in [0.3, 0.4) is 0 Å². The summed E-state index contributed by atoms with van der Waals surface area (Å²) in [6, 6.07) is 16.4. The van der Waals surface area contributed by atoms with Crippen molar-refractivity contribution in [3.8, 4) is 0 Å². The molecule has 1 atom stereocenters. The number of hydrogen-bond acceptors (Lipinski definition) is 3. The van der Waals surface area contributed by atoms with Gasteiger partial charge in [-0.15, -0.1) is 0 Å². The van der Waals surface area contributed by atoms with Crippen LogP contribution in [0, 0.1) is 0 Å². The summed E-state index contributed by atoms with van der Waals surface area (Å²) in [4.78, 5) is 26.0. The van der Waals surface area contributed by atoms with Crippen molar-refractivity contribution in [3.63, 3.8) is 0 Å². The van der Waals surface area contributed by atoms with Gasteiger partial charge in [-0.1, -0.05) is 54.6 Å². The molecule has 116 valence electrons. The van der Waals surface area contributed by atoms with E-state index in [0.29, 0.717) is 11.3 Å². The highest BCUT2D eigenvalue weighted by atomic mass is 16.3. The first-order valence-corrected chi connectivity index (χ1v) is 7.38. The SMILES string of the molecule is CN1C(=O)[C@](O)(CC(=O)/C=C\c2ccccc2)c2ccccc21. The van der Waals surface area contributed by atoms with Gasteiger partial charge in [0.25, 0.3) is 5.91 Å². The predicted molar refractivity (Wildman–Crippen MR) is 88.8 cm³/mol. The van der Waals surface area contributed by atoms with Crippen molar-refractivity contribution in [2.24, 2.45) is 0 Å². The summed E-state index contributed by atoms with van der Waals surface area (Å²) in [6.07, 6.45) is 2.82. The quantitative estimate of drug-likeness (QED) is 0.883. The number of fused-ring (bicyclic) bond motifs is 1. The smallest absolute Gasteiger partial charge is 0.263 e. The molecule has 1 aliphatic rings. The van der Waals surface area contributed by atoms with Gasteiger partial charge in [0.05, 0.1) is 12.1 Å². The highest BCUT2D eigenvalue weighted by molar-refractivity contribution is 6.09. The van der Waals surface area contributed by atoms with Gasteiger partial charge in [-0.25, -0.2) is 0 Å². The fourth-order valence-corrected chi connectivity index (χ4v) is 2.85. The highest BCUT2D eigenvalue weighted by Gasteiger charge is 2.49. The maximum Gasteiger partial charge on any atom is 0.263 e. The van der Waals surface area contributed by atoms with Crippen molar-refractivity contribution < 1.29 is 14.7 Å². The van der Waals surface area contributed by atoms with Gasteiger partial charge < -0.3 is 10.0 Å². The Morgan fingerprint density at radius 3 is 2.52 bits per heavy atom. The van der Waals surface area contributed by atoms with E-state index in [-0.39, 0.29) is 12.2 Å². The number of allylic oxidation sites excluding steroid dienone is 1. The molecule has 0 aromatic heterocycles. The summed E-state index contributed by atoms with van der Waals surface area (Å²) in [5, 5.41) is 10.8. The summed E-state index contributed by atoms with van der Waals surface area (Å²) in [5.41, 5.74) is 0.223. The van der Waals surface area contributed by atoms with Gasteiger partial charge >= 0.3 is 0 Å². The number of para-hydroxylation sites is 1. The molecule has 1 aliphatic heterocycles. The first-order chi connectivity index (χ1) is 11.0. The summed E-state index contributed by atoms with van der Waals surface area (Å²) < 4.78 is 0. The molecule has 3 rings (SSSR count). The van der Waals surface area contributed by atoms with Crippen molar-refractivity contribution in [2.45, 2.75) is 12.0 Å². The third kappa shape index (κ3) is 2.69. The standard InChI is InChI=1S/C19H17NO3/c1-20-17-10-6-5-9-16(17)19(23,18(20)22)13-15(21)12-11-14-7-3-2-4-8-14/h2-12,23H,13H2,1H3/b12-11-/t19-/m0/s1. The number of anilines is 1. The van der Waals surface area contributed by atoms with E-state index in [9.17, 15) is 14.7 Å². The number of nitrogens with zero attached hydrogens (tertiary/aromatic N) is 1. The van der Waals surface area contributed by atoms with Crippen LogP contribution in [0.25, 0.3) is 6.08 Å². The van der Waals surface area contributed by atoms with Gasteiger partial charge in [-0.2, -0.15) is 0 Å². The lowest BCUT2D eigenvalue weighted by Gasteiger charge is -2.20. The summed E-state index contributed by atoms with van der Waals surface area (Å²) in [5.74, 6) is -0.769. The monoisotopic (exact) mass is 307 g/mol. The summed E-state index contributed by atoms with van der Waals surface area (Å²) >= 11 is 0. The molecule has 0 fully saturated rings. The second-order valence-corrected chi connectivity index (χ2v) is 5.63. The molecule has 1 amide bonds. The maximum absolute atomic E-state index is 12.4. The molecule has 23 heavy (non-hydrogen) atoms. The van der Waals surface area contributed by atoms with E-state index in [1.165, 1.54) is 11.0 Å². The first-order valence-electron chi connectivity index (χ1n) is 7.38. The maximum atomic E-state index is 12.4. The normalized spacial score (nSPS) is 20.1. The molecule has 0 saturated heterocycles. The second-order valence-electron chi connectivity index (χ2n) is 5.63. The Balaban J connectivity index is 1.83. The Kier molecular flexibility index (Phi) is 3.84. The van der Waals surface area contributed by atoms with Crippen LogP contribution in [0.15, 0.2) is 60.7 Å². The third-order valence-corrected chi connectivity index (χ3v) is 4.06. The van der Waals surface area contributed by atoms with Gasteiger partial charge in [0.1, 0.15) is 0 Å². The molecule has 4 nitrogen and oxygen atoms in total. The van der Waals surface area contributed by atoms with E-state index in [4.69, 9.17) is 0 Å².